The van der Waals surface area contributed by atoms with E-state index >= 15 is 0 Å². The molecule has 6 heteroatoms. The number of carbonyl (C=O) groups is 1. The van der Waals surface area contributed by atoms with E-state index < -0.39 is 0 Å². The van der Waals surface area contributed by atoms with Gasteiger partial charge in [-0.05, 0) is 35.9 Å². The second-order valence-corrected chi connectivity index (χ2v) is 6.60. The SMILES string of the molecule is O=C(c1ccccc1NCc1ccc2nc[nH]c2c1)c1n[nH]c2ccccc12. The Bertz CT molecular complexity index is 1300. The second kappa shape index (κ2) is 6.66. The predicted molar refractivity (Wildman–Crippen MR) is 109 cm³/mol. The van der Waals surface area contributed by atoms with Crippen molar-refractivity contribution in [2.45, 2.75) is 6.54 Å². The summed E-state index contributed by atoms with van der Waals surface area (Å²) in [4.78, 5) is 20.5. The fraction of sp³-hybridized carbons (Fsp3) is 0.0455. The lowest BCUT2D eigenvalue weighted by Gasteiger charge is -2.11. The van der Waals surface area contributed by atoms with E-state index in [1.165, 1.54) is 0 Å². The molecule has 0 saturated heterocycles. The standard InChI is InChI=1S/C22H17N5O/c28-22(21-15-5-1-4-8-18(15)26-27-21)16-6-2-3-7-17(16)23-12-14-9-10-19-20(11-14)25-13-24-19/h1-11,13,23H,12H2,(H,24,25)(H,26,27). The van der Waals surface area contributed by atoms with Gasteiger partial charge in [0.05, 0.1) is 22.9 Å². The lowest BCUT2D eigenvalue weighted by Crippen LogP contribution is -2.08. The molecule has 0 amide bonds. The van der Waals surface area contributed by atoms with Crippen molar-refractivity contribution in [2.75, 3.05) is 5.32 Å². The van der Waals surface area contributed by atoms with Crippen molar-refractivity contribution in [3.63, 3.8) is 0 Å². The number of hydrogen-bond acceptors (Lipinski definition) is 4. The van der Waals surface area contributed by atoms with E-state index in [0.29, 0.717) is 17.8 Å². The van der Waals surface area contributed by atoms with Crippen molar-refractivity contribution in [3.8, 4) is 0 Å². The smallest absolute Gasteiger partial charge is 0.215 e. The van der Waals surface area contributed by atoms with Crippen molar-refractivity contribution >= 4 is 33.4 Å². The Hall–Kier alpha value is -3.93. The number of ketones is 1. The summed E-state index contributed by atoms with van der Waals surface area (Å²) in [7, 11) is 0. The van der Waals surface area contributed by atoms with E-state index in [4.69, 9.17) is 0 Å². The molecule has 0 bridgehead atoms. The molecule has 6 nitrogen and oxygen atoms in total. The van der Waals surface area contributed by atoms with Crippen molar-refractivity contribution in [3.05, 3.63) is 89.9 Å². The summed E-state index contributed by atoms with van der Waals surface area (Å²) in [6.45, 7) is 0.598. The van der Waals surface area contributed by atoms with Gasteiger partial charge in [-0.1, -0.05) is 36.4 Å². The summed E-state index contributed by atoms with van der Waals surface area (Å²) in [6, 6.07) is 21.2. The Morgan fingerprint density at radius 3 is 2.79 bits per heavy atom. The number of nitrogens with zero attached hydrogens (tertiary/aromatic N) is 2. The highest BCUT2D eigenvalue weighted by Gasteiger charge is 2.18. The van der Waals surface area contributed by atoms with Crippen LogP contribution < -0.4 is 5.32 Å². The number of aromatic amines is 2. The monoisotopic (exact) mass is 367 g/mol. The quantitative estimate of drug-likeness (QED) is 0.405. The van der Waals surface area contributed by atoms with Gasteiger partial charge in [0.25, 0.3) is 0 Å². The van der Waals surface area contributed by atoms with Crippen LogP contribution in [0.4, 0.5) is 5.69 Å². The highest BCUT2D eigenvalue weighted by molar-refractivity contribution is 6.17. The summed E-state index contributed by atoms with van der Waals surface area (Å²) in [5.41, 5.74) is 5.69. The fourth-order valence-electron chi connectivity index (χ4n) is 3.39. The minimum atomic E-state index is -0.107. The number of aromatic nitrogens is 4. The molecule has 0 fully saturated rings. The number of H-pyrrole nitrogens is 2. The number of para-hydroxylation sites is 2. The Morgan fingerprint density at radius 2 is 1.82 bits per heavy atom. The first-order valence-corrected chi connectivity index (χ1v) is 9.02. The molecule has 3 N–H and O–H groups in total. The molecule has 0 radical (unpaired) electrons. The number of benzene rings is 3. The molecule has 2 heterocycles. The molecule has 0 saturated carbocycles. The molecule has 3 aromatic carbocycles. The van der Waals surface area contributed by atoms with Gasteiger partial charge < -0.3 is 10.3 Å². The summed E-state index contributed by atoms with van der Waals surface area (Å²) >= 11 is 0. The molecule has 28 heavy (non-hydrogen) atoms. The van der Waals surface area contributed by atoms with Crippen molar-refractivity contribution in [1.29, 1.82) is 0 Å². The van der Waals surface area contributed by atoms with E-state index in [9.17, 15) is 4.79 Å². The first kappa shape index (κ1) is 16.3. The third-order valence-corrected chi connectivity index (χ3v) is 4.82. The van der Waals surface area contributed by atoms with Gasteiger partial charge in [0, 0.05) is 23.2 Å². The molecule has 5 aromatic rings. The van der Waals surface area contributed by atoms with Crippen LogP contribution >= 0.6 is 0 Å². The van der Waals surface area contributed by atoms with Crippen LogP contribution in [-0.4, -0.2) is 25.9 Å². The molecule has 0 spiro atoms. The topological polar surface area (TPSA) is 86.5 Å². The van der Waals surface area contributed by atoms with Gasteiger partial charge in [0.1, 0.15) is 5.69 Å². The van der Waals surface area contributed by atoms with Crippen molar-refractivity contribution < 1.29 is 4.79 Å². The van der Waals surface area contributed by atoms with Crippen LogP contribution in [0, 0.1) is 0 Å². The molecule has 0 aliphatic carbocycles. The maximum atomic E-state index is 13.2. The van der Waals surface area contributed by atoms with Gasteiger partial charge in [-0.2, -0.15) is 5.10 Å². The van der Waals surface area contributed by atoms with Crippen LogP contribution in [0.25, 0.3) is 21.9 Å². The Morgan fingerprint density at radius 1 is 0.964 bits per heavy atom. The minimum absolute atomic E-state index is 0.107. The zero-order valence-corrected chi connectivity index (χ0v) is 14.9. The largest absolute Gasteiger partial charge is 0.380 e. The average molecular weight is 367 g/mol. The lowest BCUT2D eigenvalue weighted by molar-refractivity contribution is 0.103. The van der Waals surface area contributed by atoms with Gasteiger partial charge in [0.2, 0.25) is 5.78 Å². The minimum Gasteiger partial charge on any atom is -0.380 e. The predicted octanol–water partition coefficient (Wildman–Crippen LogP) is 4.28. The van der Waals surface area contributed by atoms with E-state index in [0.717, 1.165) is 33.2 Å². The molecule has 0 atom stereocenters. The number of fused-ring (bicyclic) bond motifs is 2. The number of imidazole rings is 1. The molecular formula is C22H17N5O. The fourth-order valence-corrected chi connectivity index (χ4v) is 3.39. The van der Waals surface area contributed by atoms with E-state index in [1.54, 1.807) is 6.33 Å². The highest BCUT2D eigenvalue weighted by atomic mass is 16.1. The van der Waals surface area contributed by atoms with Crippen LogP contribution in [0.2, 0.25) is 0 Å². The number of nitrogens with one attached hydrogen (secondary N) is 3. The molecule has 5 rings (SSSR count). The molecule has 0 aliphatic heterocycles. The number of carbonyl (C=O) groups excluding carboxylic acids is 1. The van der Waals surface area contributed by atoms with Gasteiger partial charge >= 0.3 is 0 Å². The number of hydrogen-bond donors (Lipinski definition) is 3. The molecule has 0 unspecified atom stereocenters. The summed E-state index contributed by atoms with van der Waals surface area (Å²) in [5.74, 6) is -0.107. The summed E-state index contributed by atoms with van der Waals surface area (Å²) < 4.78 is 0. The Labute approximate surface area is 160 Å². The average Bonchev–Trinajstić information content (AvgIpc) is 3.38. The zero-order chi connectivity index (χ0) is 18.9. The maximum absolute atomic E-state index is 13.2. The Balaban J connectivity index is 1.44. The van der Waals surface area contributed by atoms with Gasteiger partial charge in [-0.15, -0.1) is 0 Å². The first-order chi connectivity index (χ1) is 13.8. The van der Waals surface area contributed by atoms with E-state index in [-0.39, 0.29) is 5.78 Å². The van der Waals surface area contributed by atoms with E-state index in [2.05, 4.69) is 31.5 Å². The highest BCUT2D eigenvalue weighted by Crippen LogP contribution is 2.24. The van der Waals surface area contributed by atoms with Crippen LogP contribution in [0.1, 0.15) is 21.6 Å². The second-order valence-electron chi connectivity index (χ2n) is 6.60. The normalized spacial score (nSPS) is 11.1. The summed E-state index contributed by atoms with van der Waals surface area (Å²) in [5, 5.41) is 11.4. The molecule has 0 aliphatic rings. The van der Waals surface area contributed by atoms with Gasteiger partial charge in [-0.25, -0.2) is 4.98 Å². The third-order valence-electron chi connectivity index (χ3n) is 4.82. The molecule has 136 valence electrons. The van der Waals surface area contributed by atoms with E-state index in [1.807, 2.05) is 60.7 Å². The molecular weight excluding hydrogens is 350 g/mol. The van der Waals surface area contributed by atoms with Gasteiger partial charge in [0.15, 0.2) is 0 Å². The maximum Gasteiger partial charge on any atom is 0.215 e. The number of anilines is 1. The van der Waals surface area contributed by atoms with Crippen LogP contribution in [0.15, 0.2) is 73.1 Å². The Kier molecular flexibility index (Phi) is 3.87. The van der Waals surface area contributed by atoms with Crippen molar-refractivity contribution in [1.82, 2.24) is 20.2 Å². The van der Waals surface area contributed by atoms with Crippen LogP contribution in [0.3, 0.4) is 0 Å². The van der Waals surface area contributed by atoms with Crippen LogP contribution in [0.5, 0.6) is 0 Å². The third kappa shape index (κ3) is 2.81. The summed E-state index contributed by atoms with van der Waals surface area (Å²) in [6.07, 6.45) is 1.68. The molecule has 2 aromatic heterocycles. The van der Waals surface area contributed by atoms with Gasteiger partial charge in [-0.3, -0.25) is 9.89 Å². The van der Waals surface area contributed by atoms with Crippen molar-refractivity contribution in [2.24, 2.45) is 0 Å². The van der Waals surface area contributed by atoms with Crippen LogP contribution in [-0.2, 0) is 6.54 Å². The zero-order valence-electron chi connectivity index (χ0n) is 14.9. The first-order valence-electron chi connectivity index (χ1n) is 9.02. The number of rotatable bonds is 5. The lowest BCUT2D eigenvalue weighted by atomic mass is 10.0.